The minimum Gasteiger partial charge on any atom is -0.296 e. The Morgan fingerprint density at radius 2 is 2.35 bits per heavy atom. The van der Waals surface area contributed by atoms with Crippen LogP contribution in [0.25, 0.3) is 0 Å². The Kier molecular flexibility index (Phi) is 3.25. The molecular formula is C9H14N4O3S. The average Bonchev–Trinajstić information content (AvgIpc) is 2.85. The van der Waals surface area contributed by atoms with Gasteiger partial charge in [-0.05, 0) is 12.8 Å². The van der Waals surface area contributed by atoms with Gasteiger partial charge in [-0.2, -0.15) is 4.31 Å². The highest BCUT2D eigenvalue weighted by atomic mass is 32.2. The third-order valence-electron chi connectivity index (χ3n) is 2.82. The maximum Gasteiger partial charge on any atom is 0.211 e. The number of nitrogens with zero attached hydrogens (tertiary/aromatic N) is 4. The summed E-state index contributed by atoms with van der Waals surface area (Å²) in [6, 6.07) is -0.0915. The van der Waals surface area contributed by atoms with Gasteiger partial charge in [0.05, 0.1) is 19.0 Å². The molecule has 2 heterocycles. The van der Waals surface area contributed by atoms with Gasteiger partial charge in [-0.1, -0.05) is 5.21 Å². The van der Waals surface area contributed by atoms with E-state index in [0.717, 1.165) is 12.8 Å². The molecule has 1 saturated heterocycles. The van der Waals surface area contributed by atoms with Gasteiger partial charge >= 0.3 is 0 Å². The van der Waals surface area contributed by atoms with E-state index >= 15 is 0 Å². The third-order valence-corrected chi connectivity index (χ3v) is 4.16. The molecule has 0 radical (unpaired) electrons. The van der Waals surface area contributed by atoms with Crippen molar-refractivity contribution >= 4 is 16.3 Å². The molecule has 1 aromatic rings. The Bertz CT molecular complexity index is 510. The lowest BCUT2D eigenvalue weighted by atomic mass is 10.2. The van der Waals surface area contributed by atoms with Gasteiger partial charge in [-0.25, -0.2) is 8.42 Å². The fourth-order valence-corrected chi connectivity index (χ4v) is 3.28. The van der Waals surface area contributed by atoms with Gasteiger partial charge < -0.3 is 0 Å². The van der Waals surface area contributed by atoms with E-state index in [1.54, 1.807) is 0 Å². The van der Waals surface area contributed by atoms with E-state index in [1.165, 1.54) is 21.4 Å². The maximum atomic E-state index is 11.5. The first-order valence-electron chi connectivity index (χ1n) is 5.33. The van der Waals surface area contributed by atoms with E-state index in [1.807, 2.05) is 0 Å². The number of aromatic nitrogens is 3. The lowest BCUT2D eigenvalue weighted by Gasteiger charge is -2.21. The predicted molar refractivity (Wildman–Crippen MR) is 60.0 cm³/mol. The Morgan fingerprint density at radius 1 is 1.59 bits per heavy atom. The van der Waals surface area contributed by atoms with Gasteiger partial charge in [0.15, 0.2) is 6.29 Å². The van der Waals surface area contributed by atoms with E-state index in [9.17, 15) is 13.2 Å². The number of hydrogen-bond acceptors (Lipinski definition) is 5. The zero-order valence-corrected chi connectivity index (χ0v) is 10.3. The molecule has 1 fully saturated rings. The zero-order chi connectivity index (χ0) is 12.5. The first-order valence-corrected chi connectivity index (χ1v) is 7.17. The van der Waals surface area contributed by atoms with Crippen molar-refractivity contribution < 1.29 is 13.2 Å². The largest absolute Gasteiger partial charge is 0.296 e. The van der Waals surface area contributed by atoms with Crippen LogP contribution in [0.3, 0.4) is 0 Å². The van der Waals surface area contributed by atoms with E-state index in [4.69, 9.17) is 0 Å². The van der Waals surface area contributed by atoms with Crippen molar-refractivity contribution in [3.8, 4) is 0 Å². The average molecular weight is 258 g/mol. The van der Waals surface area contributed by atoms with Crippen LogP contribution in [0.5, 0.6) is 0 Å². The Morgan fingerprint density at radius 3 is 2.94 bits per heavy atom. The predicted octanol–water partition coefficient (Wildman–Crippen LogP) is -0.485. The van der Waals surface area contributed by atoms with Crippen molar-refractivity contribution in [2.75, 3.05) is 12.8 Å². The molecule has 0 aliphatic carbocycles. The van der Waals surface area contributed by atoms with E-state index in [2.05, 4.69) is 10.3 Å². The Labute approximate surface area is 99.5 Å². The summed E-state index contributed by atoms with van der Waals surface area (Å²) in [7, 11) is -3.17. The number of rotatable bonds is 4. The van der Waals surface area contributed by atoms with Crippen molar-refractivity contribution in [1.82, 2.24) is 19.3 Å². The number of aldehydes is 1. The molecule has 0 saturated carbocycles. The molecule has 2 rings (SSSR count). The van der Waals surface area contributed by atoms with Gasteiger partial charge in [-0.3, -0.25) is 9.48 Å². The molecule has 1 atom stereocenters. The van der Waals surface area contributed by atoms with Crippen molar-refractivity contribution in [2.24, 2.45) is 0 Å². The molecule has 0 spiro atoms. The zero-order valence-electron chi connectivity index (χ0n) is 9.48. The van der Waals surface area contributed by atoms with Gasteiger partial charge in [0.2, 0.25) is 10.0 Å². The minimum absolute atomic E-state index is 0.0915. The number of carbonyl (C=O) groups is 1. The first kappa shape index (κ1) is 12.2. The molecule has 17 heavy (non-hydrogen) atoms. The van der Waals surface area contributed by atoms with Crippen molar-refractivity contribution in [3.63, 3.8) is 0 Å². The molecular weight excluding hydrogens is 244 g/mol. The highest BCUT2D eigenvalue weighted by molar-refractivity contribution is 7.88. The summed E-state index contributed by atoms with van der Waals surface area (Å²) >= 11 is 0. The smallest absolute Gasteiger partial charge is 0.211 e. The van der Waals surface area contributed by atoms with Crippen LogP contribution < -0.4 is 0 Å². The normalized spacial score (nSPS) is 21.8. The molecule has 1 aromatic heterocycles. The summed E-state index contributed by atoms with van der Waals surface area (Å²) in [6.45, 7) is 0.993. The number of hydrogen-bond donors (Lipinski definition) is 0. The van der Waals surface area contributed by atoms with Gasteiger partial charge in [0, 0.05) is 12.6 Å². The molecule has 1 aliphatic rings. The van der Waals surface area contributed by atoms with E-state index in [-0.39, 0.29) is 11.7 Å². The van der Waals surface area contributed by atoms with Crippen molar-refractivity contribution in [2.45, 2.75) is 25.4 Å². The second-order valence-corrected chi connectivity index (χ2v) is 6.09. The van der Waals surface area contributed by atoms with Crippen LogP contribution in [-0.4, -0.2) is 52.8 Å². The summed E-state index contributed by atoms with van der Waals surface area (Å²) in [6.07, 6.45) is 5.01. The van der Waals surface area contributed by atoms with Crippen LogP contribution in [0, 0.1) is 0 Å². The summed E-state index contributed by atoms with van der Waals surface area (Å²) in [4.78, 5) is 10.5. The molecule has 0 amide bonds. The second-order valence-electron chi connectivity index (χ2n) is 4.15. The molecule has 94 valence electrons. The molecule has 7 nitrogen and oxygen atoms in total. The molecule has 0 aromatic carbocycles. The first-order chi connectivity index (χ1) is 8.00. The summed E-state index contributed by atoms with van der Waals surface area (Å²) < 4.78 is 26.0. The summed E-state index contributed by atoms with van der Waals surface area (Å²) in [5.74, 6) is 0. The fourth-order valence-electron chi connectivity index (χ4n) is 2.10. The van der Waals surface area contributed by atoms with Crippen LogP contribution in [-0.2, 0) is 16.6 Å². The standard InChI is InChI=1S/C9H14N4O3S/c1-17(15,16)13-4-2-3-9(13)6-12-5-8(7-14)10-11-12/h5,7,9H,2-4,6H2,1H3. The van der Waals surface area contributed by atoms with E-state index < -0.39 is 10.0 Å². The SMILES string of the molecule is CS(=O)(=O)N1CCCC1Cn1cc(C=O)nn1. The topological polar surface area (TPSA) is 85.2 Å². The van der Waals surface area contributed by atoms with Crippen LogP contribution in [0.1, 0.15) is 23.3 Å². The van der Waals surface area contributed by atoms with Gasteiger partial charge in [-0.15, -0.1) is 5.10 Å². The van der Waals surface area contributed by atoms with E-state index in [0.29, 0.717) is 19.4 Å². The molecule has 8 heteroatoms. The second kappa shape index (κ2) is 4.53. The molecule has 1 aliphatic heterocycles. The highest BCUT2D eigenvalue weighted by Gasteiger charge is 2.31. The third kappa shape index (κ3) is 2.70. The Balaban J connectivity index is 2.10. The fraction of sp³-hybridized carbons (Fsp3) is 0.667. The van der Waals surface area contributed by atoms with Crippen LogP contribution in [0.15, 0.2) is 6.20 Å². The van der Waals surface area contributed by atoms with Crippen molar-refractivity contribution in [1.29, 1.82) is 0 Å². The monoisotopic (exact) mass is 258 g/mol. The number of sulfonamides is 1. The van der Waals surface area contributed by atoms with Crippen LogP contribution >= 0.6 is 0 Å². The van der Waals surface area contributed by atoms with Crippen molar-refractivity contribution in [3.05, 3.63) is 11.9 Å². The summed E-state index contributed by atoms with van der Waals surface area (Å²) in [5.41, 5.74) is 0.258. The lowest BCUT2D eigenvalue weighted by molar-refractivity contribution is 0.111. The molecule has 1 unspecified atom stereocenters. The highest BCUT2D eigenvalue weighted by Crippen LogP contribution is 2.21. The quantitative estimate of drug-likeness (QED) is 0.681. The minimum atomic E-state index is -3.17. The van der Waals surface area contributed by atoms with Gasteiger partial charge in [0.25, 0.3) is 0 Å². The maximum absolute atomic E-state index is 11.5. The van der Waals surface area contributed by atoms with Crippen LogP contribution in [0.2, 0.25) is 0 Å². The molecule has 0 N–H and O–H groups in total. The van der Waals surface area contributed by atoms with Gasteiger partial charge in [0.1, 0.15) is 5.69 Å². The summed E-state index contributed by atoms with van der Waals surface area (Å²) in [5, 5.41) is 7.42. The number of carbonyl (C=O) groups excluding carboxylic acids is 1. The van der Waals surface area contributed by atoms with Crippen LogP contribution in [0.4, 0.5) is 0 Å². The lowest BCUT2D eigenvalue weighted by Crippen LogP contribution is -2.37. The molecule has 0 bridgehead atoms. The Hall–Kier alpha value is -1.28.